The van der Waals surface area contributed by atoms with Crippen molar-refractivity contribution in [3.63, 3.8) is 0 Å². The minimum Gasteiger partial charge on any atom is -0.408 e. The second-order valence-corrected chi connectivity index (χ2v) is 6.62. The van der Waals surface area contributed by atoms with Gasteiger partial charge < -0.3 is 9.52 Å². The molecule has 0 saturated carbocycles. The zero-order valence-corrected chi connectivity index (χ0v) is 14.3. The van der Waals surface area contributed by atoms with Crippen molar-refractivity contribution in [2.75, 3.05) is 13.1 Å². The van der Waals surface area contributed by atoms with Crippen molar-refractivity contribution in [3.05, 3.63) is 38.9 Å². The molecule has 0 bridgehead atoms. The van der Waals surface area contributed by atoms with E-state index >= 15 is 0 Å². The van der Waals surface area contributed by atoms with Crippen molar-refractivity contribution >= 4 is 16.8 Å². The Morgan fingerprint density at radius 1 is 1.40 bits per heavy atom. The molecule has 1 aliphatic rings. The van der Waals surface area contributed by atoms with E-state index < -0.39 is 10.7 Å². The number of hydrogen-bond donors (Lipinski definition) is 1. The predicted octanol–water partition coefficient (Wildman–Crippen LogP) is 2.13. The second-order valence-electron chi connectivity index (χ2n) is 6.62. The second kappa shape index (κ2) is 7.37. The van der Waals surface area contributed by atoms with Gasteiger partial charge in [-0.25, -0.2) is 4.79 Å². The first-order valence-electron chi connectivity index (χ1n) is 8.67. The van der Waals surface area contributed by atoms with E-state index in [1.54, 1.807) is 0 Å². The third kappa shape index (κ3) is 3.74. The van der Waals surface area contributed by atoms with Crippen LogP contribution in [0.15, 0.2) is 27.4 Å². The SMILES string of the molecule is CC(O)C1CCCCN1CCCn1c(=O)oc2ccc([N+](=O)[O-])cc21. The topological polar surface area (TPSA) is 102 Å². The summed E-state index contributed by atoms with van der Waals surface area (Å²) in [4.78, 5) is 24.8. The molecule has 2 atom stereocenters. The molecule has 1 aliphatic heterocycles. The first-order chi connectivity index (χ1) is 12.0. The molecule has 2 aromatic rings. The molecule has 3 rings (SSSR count). The van der Waals surface area contributed by atoms with Gasteiger partial charge in [0.2, 0.25) is 0 Å². The van der Waals surface area contributed by atoms with Crippen molar-refractivity contribution < 1.29 is 14.4 Å². The Morgan fingerprint density at radius 2 is 2.20 bits per heavy atom. The number of aliphatic hydroxyl groups is 1. The first-order valence-corrected chi connectivity index (χ1v) is 8.67. The first kappa shape index (κ1) is 17.6. The molecule has 136 valence electrons. The summed E-state index contributed by atoms with van der Waals surface area (Å²) in [6, 6.07) is 4.32. The summed E-state index contributed by atoms with van der Waals surface area (Å²) in [5, 5.41) is 20.9. The Kier molecular flexibility index (Phi) is 5.19. The molecule has 0 radical (unpaired) electrons. The highest BCUT2D eigenvalue weighted by molar-refractivity contribution is 5.75. The standard InChI is InChI=1S/C17H23N3O5/c1-12(21)14-5-2-3-8-18(14)9-4-10-19-15-11-13(20(23)24)6-7-16(15)25-17(19)22/h6-7,11-12,14,21H,2-5,8-10H2,1H3. The van der Waals surface area contributed by atoms with Crippen molar-refractivity contribution in [2.45, 2.75) is 51.3 Å². The van der Waals surface area contributed by atoms with E-state index in [9.17, 15) is 20.0 Å². The van der Waals surface area contributed by atoms with Gasteiger partial charge in [-0.1, -0.05) is 6.42 Å². The van der Waals surface area contributed by atoms with Gasteiger partial charge >= 0.3 is 5.76 Å². The van der Waals surface area contributed by atoms with Crippen molar-refractivity contribution in [2.24, 2.45) is 0 Å². The Labute approximate surface area is 144 Å². The molecule has 1 N–H and O–H groups in total. The molecule has 8 nitrogen and oxygen atoms in total. The van der Waals surface area contributed by atoms with Gasteiger partial charge in [0.15, 0.2) is 5.58 Å². The molecule has 2 heterocycles. The quantitative estimate of drug-likeness (QED) is 0.633. The average Bonchev–Trinajstić information content (AvgIpc) is 2.90. The molecule has 2 unspecified atom stereocenters. The summed E-state index contributed by atoms with van der Waals surface area (Å²) < 4.78 is 6.61. The van der Waals surface area contributed by atoms with Crippen LogP contribution in [0, 0.1) is 10.1 Å². The highest BCUT2D eigenvalue weighted by atomic mass is 16.6. The molecule has 0 aliphatic carbocycles. The molecule has 1 fully saturated rings. The number of oxazole rings is 1. The number of nitro groups is 1. The average molecular weight is 349 g/mol. The van der Waals surface area contributed by atoms with Crippen LogP contribution in [0.4, 0.5) is 5.69 Å². The molecule has 1 aromatic carbocycles. The Balaban J connectivity index is 1.72. The smallest absolute Gasteiger partial charge is 0.408 e. The molecular formula is C17H23N3O5. The van der Waals surface area contributed by atoms with Gasteiger partial charge in [-0.05, 0) is 38.8 Å². The van der Waals surface area contributed by atoms with Gasteiger partial charge in [-0.2, -0.15) is 0 Å². The molecule has 0 spiro atoms. The van der Waals surface area contributed by atoms with Crippen molar-refractivity contribution in [3.8, 4) is 0 Å². The fourth-order valence-electron chi connectivity index (χ4n) is 3.65. The van der Waals surface area contributed by atoms with Crippen molar-refractivity contribution in [1.82, 2.24) is 9.47 Å². The van der Waals surface area contributed by atoms with E-state index in [0.29, 0.717) is 24.1 Å². The lowest BCUT2D eigenvalue weighted by Crippen LogP contribution is -2.46. The number of aliphatic hydroxyl groups excluding tert-OH is 1. The number of hydrogen-bond acceptors (Lipinski definition) is 6. The minimum atomic E-state index is -0.499. The molecule has 1 aromatic heterocycles. The van der Waals surface area contributed by atoms with E-state index in [0.717, 1.165) is 32.4 Å². The van der Waals surface area contributed by atoms with Crippen LogP contribution in [-0.2, 0) is 6.54 Å². The number of rotatable bonds is 6. The van der Waals surface area contributed by atoms with Crippen molar-refractivity contribution in [1.29, 1.82) is 0 Å². The molecule has 0 amide bonds. The van der Waals surface area contributed by atoms with E-state index in [-0.39, 0.29) is 17.8 Å². The van der Waals surface area contributed by atoms with Crippen LogP contribution in [0.5, 0.6) is 0 Å². The molecular weight excluding hydrogens is 326 g/mol. The van der Waals surface area contributed by atoms with Gasteiger partial charge in [-0.3, -0.25) is 19.6 Å². The summed E-state index contributed by atoms with van der Waals surface area (Å²) in [6.07, 6.45) is 3.56. The lowest BCUT2D eigenvalue weighted by molar-refractivity contribution is -0.384. The monoisotopic (exact) mass is 349 g/mol. The number of piperidine rings is 1. The number of fused-ring (bicyclic) bond motifs is 1. The van der Waals surface area contributed by atoms with Crippen LogP contribution in [0.25, 0.3) is 11.1 Å². The Hall–Kier alpha value is -2.19. The van der Waals surface area contributed by atoms with E-state index in [4.69, 9.17) is 4.42 Å². The lowest BCUT2D eigenvalue weighted by atomic mass is 9.98. The fourth-order valence-corrected chi connectivity index (χ4v) is 3.65. The van der Waals surface area contributed by atoms with E-state index in [2.05, 4.69) is 4.90 Å². The van der Waals surface area contributed by atoms with Gasteiger partial charge in [0.25, 0.3) is 5.69 Å². The van der Waals surface area contributed by atoms with Crippen LogP contribution in [0.3, 0.4) is 0 Å². The molecule has 25 heavy (non-hydrogen) atoms. The predicted molar refractivity (Wildman–Crippen MR) is 92.6 cm³/mol. The maximum Gasteiger partial charge on any atom is 0.419 e. The largest absolute Gasteiger partial charge is 0.419 e. The number of non-ortho nitro benzene ring substituents is 1. The maximum absolute atomic E-state index is 12.0. The number of aryl methyl sites for hydroxylation is 1. The summed E-state index contributed by atoms with van der Waals surface area (Å²) in [6.45, 7) is 3.96. The van der Waals surface area contributed by atoms with Crippen LogP contribution in [0.2, 0.25) is 0 Å². The molecule has 8 heteroatoms. The summed E-state index contributed by atoms with van der Waals surface area (Å²) >= 11 is 0. The van der Waals surface area contributed by atoms with Crippen LogP contribution in [0.1, 0.15) is 32.6 Å². The van der Waals surface area contributed by atoms with Gasteiger partial charge in [0, 0.05) is 31.3 Å². The number of likely N-dealkylation sites (tertiary alicyclic amines) is 1. The van der Waals surface area contributed by atoms with Gasteiger partial charge in [0.05, 0.1) is 16.5 Å². The zero-order chi connectivity index (χ0) is 18.0. The van der Waals surface area contributed by atoms with Crippen LogP contribution < -0.4 is 5.76 Å². The van der Waals surface area contributed by atoms with Gasteiger partial charge in [0.1, 0.15) is 0 Å². The van der Waals surface area contributed by atoms with E-state index in [1.807, 2.05) is 6.92 Å². The van der Waals surface area contributed by atoms with Crippen LogP contribution in [-0.4, -0.2) is 44.7 Å². The highest BCUT2D eigenvalue weighted by Crippen LogP contribution is 2.22. The molecule has 1 saturated heterocycles. The Morgan fingerprint density at radius 3 is 2.92 bits per heavy atom. The number of nitro benzene ring substituents is 1. The summed E-state index contributed by atoms with van der Waals surface area (Å²) in [7, 11) is 0. The fraction of sp³-hybridized carbons (Fsp3) is 0.588. The number of aromatic nitrogens is 1. The maximum atomic E-state index is 12.0. The number of nitrogens with zero attached hydrogens (tertiary/aromatic N) is 3. The Bertz CT molecular complexity index is 810. The lowest BCUT2D eigenvalue weighted by Gasteiger charge is -2.37. The minimum absolute atomic E-state index is 0.0627. The van der Waals surface area contributed by atoms with E-state index in [1.165, 1.54) is 22.8 Å². The summed E-state index contributed by atoms with van der Waals surface area (Å²) in [5.74, 6) is -0.499. The van der Waals surface area contributed by atoms with Crippen LogP contribution >= 0.6 is 0 Å². The zero-order valence-electron chi connectivity index (χ0n) is 14.3. The van der Waals surface area contributed by atoms with Gasteiger partial charge in [-0.15, -0.1) is 0 Å². The third-order valence-electron chi connectivity index (χ3n) is 4.91. The third-order valence-corrected chi connectivity index (χ3v) is 4.91. The number of benzene rings is 1. The summed E-state index contributed by atoms with van der Waals surface area (Å²) in [5.41, 5.74) is 0.743. The normalized spacial score (nSPS) is 20.0. The highest BCUT2D eigenvalue weighted by Gasteiger charge is 2.25.